The van der Waals surface area contributed by atoms with E-state index in [0.717, 1.165) is 12.1 Å². The van der Waals surface area contributed by atoms with Crippen LogP contribution in [0.25, 0.3) is 22.4 Å². The third-order valence-corrected chi connectivity index (χ3v) is 5.88. The van der Waals surface area contributed by atoms with E-state index >= 15 is 0 Å². The van der Waals surface area contributed by atoms with Gasteiger partial charge in [-0.3, -0.25) is 9.78 Å². The first-order valence-corrected chi connectivity index (χ1v) is 11.6. The largest absolute Gasteiger partial charge is 0.481 e. The van der Waals surface area contributed by atoms with Crippen LogP contribution in [0.2, 0.25) is 0 Å². The molecular weight excluding hydrogens is 518 g/mol. The molecule has 202 valence electrons. The number of pyridine rings is 2. The van der Waals surface area contributed by atoms with Crippen LogP contribution in [0.15, 0.2) is 48.5 Å². The van der Waals surface area contributed by atoms with E-state index in [1.807, 2.05) is 0 Å². The number of carboxylic acids is 1. The fourth-order valence-corrected chi connectivity index (χ4v) is 3.83. The zero-order chi connectivity index (χ0) is 28.5. The lowest BCUT2D eigenvalue weighted by Gasteiger charge is -2.20. The number of nitrogens with zero attached hydrogens (tertiary/aromatic N) is 4. The standard InChI is InChI=1S/C27H23F4N5O3/c1-13-10-15(11-19(33-13)23(30)31)20-21(14-4-6-16(28)7-5-14)35-26(32)36-24(20)39-12-17-8-9-18(29)22(34-17)27(2,3)25(37)38/h4-11,23H,12H2,1-3H3,(H,37,38)(H2,32,35,36). The molecule has 0 fully saturated rings. The number of carbonyl (C=O) groups is 1. The highest BCUT2D eigenvalue weighted by Crippen LogP contribution is 2.39. The lowest BCUT2D eigenvalue weighted by Crippen LogP contribution is -2.31. The molecule has 4 aromatic rings. The first-order chi connectivity index (χ1) is 18.4. The average Bonchev–Trinajstić information content (AvgIpc) is 2.87. The minimum Gasteiger partial charge on any atom is -0.481 e. The van der Waals surface area contributed by atoms with Crippen molar-refractivity contribution < 1.29 is 32.2 Å². The highest BCUT2D eigenvalue weighted by atomic mass is 19.3. The van der Waals surface area contributed by atoms with Gasteiger partial charge >= 0.3 is 5.97 Å². The monoisotopic (exact) mass is 541 g/mol. The fourth-order valence-electron chi connectivity index (χ4n) is 3.83. The van der Waals surface area contributed by atoms with Gasteiger partial charge in [-0.2, -0.15) is 4.98 Å². The average molecular weight is 542 g/mol. The second-order valence-electron chi connectivity index (χ2n) is 9.19. The Labute approximate surface area is 220 Å². The van der Waals surface area contributed by atoms with Crippen molar-refractivity contribution >= 4 is 11.9 Å². The van der Waals surface area contributed by atoms with Crippen LogP contribution < -0.4 is 10.5 Å². The van der Waals surface area contributed by atoms with E-state index in [9.17, 15) is 27.5 Å². The smallest absolute Gasteiger partial charge is 0.315 e. The minimum atomic E-state index is -2.86. The molecule has 4 rings (SSSR count). The van der Waals surface area contributed by atoms with Crippen LogP contribution in [0.4, 0.5) is 23.5 Å². The molecule has 0 radical (unpaired) electrons. The highest BCUT2D eigenvalue weighted by Gasteiger charge is 2.34. The molecule has 3 N–H and O–H groups in total. The van der Waals surface area contributed by atoms with Crippen LogP contribution >= 0.6 is 0 Å². The number of aryl methyl sites for hydroxylation is 1. The molecule has 0 unspecified atom stereocenters. The van der Waals surface area contributed by atoms with Gasteiger partial charge in [-0.1, -0.05) is 0 Å². The number of hydrogen-bond donors (Lipinski definition) is 2. The summed E-state index contributed by atoms with van der Waals surface area (Å²) in [4.78, 5) is 28.1. The van der Waals surface area contributed by atoms with E-state index in [-0.39, 0.29) is 52.3 Å². The maximum Gasteiger partial charge on any atom is 0.315 e. The predicted octanol–water partition coefficient (Wildman–Crippen LogP) is 5.65. The lowest BCUT2D eigenvalue weighted by atomic mass is 9.88. The van der Waals surface area contributed by atoms with E-state index in [2.05, 4.69) is 19.9 Å². The number of ether oxygens (including phenoxy) is 1. The molecule has 3 heterocycles. The molecule has 39 heavy (non-hydrogen) atoms. The zero-order valence-electron chi connectivity index (χ0n) is 21.0. The quantitative estimate of drug-likeness (QED) is 0.274. The maximum atomic E-state index is 14.4. The van der Waals surface area contributed by atoms with Crippen LogP contribution in [0.1, 0.15) is 43.0 Å². The van der Waals surface area contributed by atoms with Gasteiger partial charge in [0.25, 0.3) is 6.43 Å². The van der Waals surface area contributed by atoms with Crippen molar-refractivity contribution in [3.8, 4) is 28.3 Å². The van der Waals surface area contributed by atoms with Gasteiger partial charge in [0.15, 0.2) is 0 Å². The summed E-state index contributed by atoms with van der Waals surface area (Å²) >= 11 is 0. The maximum absolute atomic E-state index is 14.4. The van der Waals surface area contributed by atoms with Crippen LogP contribution in [-0.2, 0) is 16.8 Å². The topological polar surface area (TPSA) is 124 Å². The number of halogens is 4. The Kier molecular flexibility index (Phi) is 7.48. The Morgan fingerprint density at radius 1 is 1.00 bits per heavy atom. The Balaban J connectivity index is 1.85. The van der Waals surface area contributed by atoms with Crippen molar-refractivity contribution in [2.75, 3.05) is 5.73 Å². The number of alkyl halides is 2. The highest BCUT2D eigenvalue weighted by molar-refractivity contribution is 5.85. The molecule has 0 aliphatic carbocycles. The summed E-state index contributed by atoms with van der Waals surface area (Å²) in [6, 6.07) is 10.4. The Bertz CT molecular complexity index is 1550. The Hall–Kier alpha value is -4.61. The predicted molar refractivity (Wildman–Crippen MR) is 134 cm³/mol. The molecule has 3 aromatic heterocycles. The SMILES string of the molecule is Cc1cc(-c2c(OCc3ccc(F)c(C(C)(C)C(=O)O)n3)nc(N)nc2-c2ccc(F)cc2)cc(C(F)F)n1. The van der Waals surface area contributed by atoms with Gasteiger partial charge in [-0.15, -0.1) is 0 Å². The molecule has 1 aromatic carbocycles. The molecule has 0 atom stereocenters. The van der Waals surface area contributed by atoms with Gasteiger partial charge < -0.3 is 15.6 Å². The number of aromatic nitrogens is 4. The number of hydrogen-bond acceptors (Lipinski definition) is 7. The molecule has 0 saturated heterocycles. The summed E-state index contributed by atoms with van der Waals surface area (Å²) < 4.78 is 61.2. The fraction of sp³-hybridized carbons (Fsp3) is 0.222. The molecule has 0 spiro atoms. The number of carboxylic acid groups (broad SMARTS) is 1. The third-order valence-electron chi connectivity index (χ3n) is 5.88. The van der Waals surface area contributed by atoms with E-state index in [0.29, 0.717) is 5.56 Å². The summed E-state index contributed by atoms with van der Waals surface area (Å²) in [5.41, 5.74) is 5.01. The first-order valence-electron chi connectivity index (χ1n) is 11.6. The summed E-state index contributed by atoms with van der Waals surface area (Å²) in [5, 5.41) is 9.50. The van der Waals surface area contributed by atoms with Crippen LogP contribution in [0.3, 0.4) is 0 Å². The summed E-state index contributed by atoms with van der Waals surface area (Å²) in [6.07, 6.45) is -2.86. The number of anilines is 1. The van der Waals surface area contributed by atoms with Gasteiger partial charge in [0.05, 0.1) is 22.6 Å². The molecule has 0 saturated carbocycles. The number of nitrogens with two attached hydrogens (primary N) is 1. The van der Waals surface area contributed by atoms with Gasteiger partial charge in [-0.25, -0.2) is 27.5 Å². The molecule has 12 heteroatoms. The van der Waals surface area contributed by atoms with Gasteiger partial charge in [0, 0.05) is 11.3 Å². The van der Waals surface area contributed by atoms with Crippen LogP contribution in [0, 0.1) is 18.6 Å². The number of aliphatic carboxylic acids is 1. The lowest BCUT2D eigenvalue weighted by molar-refractivity contribution is -0.142. The normalized spacial score (nSPS) is 11.6. The molecule has 8 nitrogen and oxygen atoms in total. The van der Waals surface area contributed by atoms with Crippen molar-refractivity contribution in [3.63, 3.8) is 0 Å². The molecular formula is C27H23F4N5O3. The summed E-state index contributed by atoms with van der Waals surface area (Å²) in [5.74, 6) is -2.90. The van der Waals surface area contributed by atoms with E-state index < -0.39 is 35.1 Å². The van der Waals surface area contributed by atoms with Crippen LogP contribution in [-0.4, -0.2) is 31.0 Å². The molecule has 0 aliphatic rings. The molecule has 0 aliphatic heterocycles. The van der Waals surface area contributed by atoms with Crippen molar-refractivity contribution in [2.24, 2.45) is 0 Å². The third kappa shape index (κ3) is 5.79. The van der Waals surface area contributed by atoms with Crippen molar-refractivity contribution in [2.45, 2.75) is 39.2 Å². The van der Waals surface area contributed by atoms with Gasteiger partial charge in [0.2, 0.25) is 11.8 Å². The Morgan fingerprint density at radius 3 is 2.33 bits per heavy atom. The van der Waals surface area contributed by atoms with Gasteiger partial charge in [-0.05, 0) is 74.9 Å². The van der Waals surface area contributed by atoms with Gasteiger partial charge in [0.1, 0.15) is 29.4 Å². The van der Waals surface area contributed by atoms with Crippen molar-refractivity contribution in [1.29, 1.82) is 0 Å². The molecule has 0 bridgehead atoms. The second-order valence-corrected chi connectivity index (χ2v) is 9.19. The van der Waals surface area contributed by atoms with E-state index in [1.54, 1.807) is 6.92 Å². The van der Waals surface area contributed by atoms with E-state index in [4.69, 9.17) is 10.5 Å². The zero-order valence-corrected chi connectivity index (χ0v) is 21.0. The second kappa shape index (κ2) is 10.6. The van der Waals surface area contributed by atoms with E-state index in [1.165, 1.54) is 50.2 Å². The summed E-state index contributed by atoms with van der Waals surface area (Å²) in [7, 11) is 0. The molecule has 0 amide bonds. The number of rotatable bonds is 8. The minimum absolute atomic E-state index is 0.113. The number of nitrogen functional groups attached to an aromatic ring is 1. The summed E-state index contributed by atoms with van der Waals surface area (Å²) in [6.45, 7) is 3.87. The van der Waals surface area contributed by atoms with Crippen molar-refractivity contribution in [3.05, 3.63) is 82.9 Å². The number of benzene rings is 1. The van der Waals surface area contributed by atoms with Crippen molar-refractivity contribution in [1.82, 2.24) is 19.9 Å². The first kappa shape index (κ1) is 27.4. The van der Waals surface area contributed by atoms with Crippen LogP contribution in [0.5, 0.6) is 5.88 Å². The Morgan fingerprint density at radius 2 is 1.69 bits per heavy atom.